The molecule has 0 bridgehead atoms. The van der Waals surface area contributed by atoms with Crippen molar-refractivity contribution in [2.24, 2.45) is 5.92 Å². The van der Waals surface area contributed by atoms with E-state index in [1.54, 1.807) is 0 Å². The molecule has 6 nitrogen and oxygen atoms in total. The van der Waals surface area contributed by atoms with Gasteiger partial charge in [-0.1, -0.05) is 11.2 Å². The highest BCUT2D eigenvalue weighted by molar-refractivity contribution is 5.63. The quantitative estimate of drug-likeness (QED) is 0.691. The summed E-state index contributed by atoms with van der Waals surface area (Å²) >= 11 is 0. The number of pyridine rings is 1. The fourth-order valence-corrected chi connectivity index (χ4v) is 3.92. The fraction of sp³-hybridized carbons (Fsp3) is 0.429. The standard InChI is InChI=1S/C21H25N5O/c1-14-21(15(2)27-25-14)20-6-4-5-18(24-20)11-17-8-10-26(12-17)13-19-7-9-22-16(3)23-19/h4-7,9,17H,8,10-13H2,1-3H3. The van der Waals surface area contributed by atoms with Crippen molar-refractivity contribution in [2.45, 2.75) is 40.2 Å². The van der Waals surface area contributed by atoms with Crippen molar-refractivity contribution in [1.29, 1.82) is 0 Å². The van der Waals surface area contributed by atoms with E-state index in [0.29, 0.717) is 5.92 Å². The van der Waals surface area contributed by atoms with E-state index in [1.165, 1.54) is 6.42 Å². The molecule has 1 fully saturated rings. The number of rotatable bonds is 5. The Bertz CT molecular complexity index is 916. The minimum atomic E-state index is 0.625. The lowest BCUT2D eigenvalue weighted by atomic mass is 10.0. The average molecular weight is 363 g/mol. The predicted octanol–water partition coefficient (Wildman–Crippen LogP) is 3.52. The molecule has 3 aromatic heterocycles. The van der Waals surface area contributed by atoms with E-state index in [1.807, 2.05) is 39.1 Å². The van der Waals surface area contributed by atoms with Crippen LogP contribution in [0.1, 0.15) is 35.1 Å². The Hall–Kier alpha value is -2.60. The zero-order chi connectivity index (χ0) is 18.8. The third-order valence-corrected chi connectivity index (χ3v) is 5.18. The van der Waals surface area contributed by atoms with Crippen LogP contribution in [0.15, 0.2) is 35.0 Å². The zero-order valence-electron chi connectivity index (χ0n) is 16.1. The van der Waals surface area contributed by atoms with Crippen LogP contribution in [0.25, 0.3) is 11.3 Å². The van der Waals surface area contributed by atoms with Crippen molar-refractivity contribution in [3.8, 4) is 11.3 Å². The maximum absolute atomic E-state index is 5.29. The van der Waals surface area contributed by atoms with Crippen LogP contribution in [-0.2, 0) is 13.0 Å². The first kappa shape index (κ1) is 17.8. The van der Waals surface area contributed by atoms with Gasteiger partial charge in [-0.3, -0.25) is 9.88 Å². The van der Waals surface area contributed by atoms with Crippen LogP contribution in [0, 0.1) is 26.7 Å². The molecule has 1 aliphatic rings. The molecule has 1 atom stereocenters. The average Bonchev–Trinajstić information content (AvgIpc) is 3.21. The topological polar surface area (TPSA) is 67.9 Å². The number of likely N-dealkylation sites (tertiary alicyclic amines) is 1. The molecule has 1 unspecified atom stereocenters. The Kier molecular flexibility index (Phi) is 4.99. The monoisotopic (exact) mass is 363 g/mol. The van der Waals surface area contributed by atoms with Gasteiger partial charge in [-0.2, -0.15) is 0 Å². The second-order valence-corrected chi connectivity index (χ2v) is 7.40. The second-order valence-electron chi connectivity index (χ2n) is 7.40. The van der Waals surface area contributed by atoms with Crippen LogP contribution in [0.5, 0.6) is 0 Å². The van der Waals surface area contributed by atoms with Crippen molar-refractivity contribution in [3.05, 3.63) is 59.1 Å². The number of nitrogens with zero attached hydrogens (tertiary/aromatic N) is 5. The summed E-state index contributed by atoms with van der Waals surface area (Å²) < 4.78 is 5.29. The van der Waals surface area contributed by atoms with Crippen LogP contribution in [0.4, 0.5) is 0 Å². The Labute approximate surface area is 159 Å². The molecule has 0 radical (unpaired) electrons. The fourth-order valence-electron chi connectivity index (χ4n) is 3.92. The van der Waals surface area contributed by atoms with Crippen molar-refractivity contribution in [1.82, 2.24) is 25.0 Å². The lowest BCUT2D eigenvalue weighted by molar-refractivity contribution is 0.312. The molecule has 140 valence electrons. The Morgan fingerprint density at radius 2 is 2.00 bits per heavy atom. The van der Waals surface area contributed by atoms with Gasteiger partial charge in [0, 0.05) is 25.0 Å². The maximum Gasteiger partial charge on any atom is 0.143 e. The van der Waals surface area contributed by atoms with Gasteiger partial charge in [-0.25, -0.2) is 9.97 Å². The van der Waals surface area contributed by atoms with E-state index in [0.717, 1.165) is 66.0 Å². The zero-order valence-corrected chi connectivity index (χ0v) is 16.1. The van der Waals surface area contributed by atoms with Gasteiger partial charge >= 0.3 is 0 Å². The Morgan fingerprint density at radius 1 is 1.11 bits per heavy atom. The van der Waals surface area contributed by atoms with Gasteiger partial charge in [0.1, 0.15) is 11.6 Å². The lowest BCUT2D eigenvalue weighted by Crippen LogP contribution is -2.21. The molecule has 3 aromatic rings. The number of aryl methyl sites for hydroxylation is 3. The van der Waals surface area contributed by atoms with E-state index >= 15 is 0 Å². The summed E-state index contributed by atoms with van der Waals surface area (Å²) in [5, 5.41) is 4.05. The van der Waals surface area contributed by atoms with Crippen LogP contribution in [0.3, 0.4) is 0 Å². The second kappa shape index (κ2) is 7.56. The number of hydrogen-bond acceptors (Lipinski definition) is 6. The number of aromatic nitrogens is 4. The summed E-state index contributed by atoms with van der Waals surface area (Å²) in [6.45, 7) is 8.93. The van der Waals surface area contributed by atoms with Crippen LogP contribution in [0.2, 0.25) is 0 Å². The van der Waals surface area contributed by atoms with Gasteiger partial charge in [0.25, 0.3) is 0 Å². The van der Waals surface area contributed by atoms with Crippen molar-refractivity contribution in [3.63, 3.8) is 0 Å². The van der Waals surface area contributed by atoms with E-state index < -0.39 is 0 Å². The summed E-state index contributed by atoms with van der Waals surface area (Å²) in [4.78, 5) is 16.1. The van der Waals surface area contributed by atoms with Crippen molar-refractivity contribution in [2.75, 3.05) is 13.1 Å². The molecule has 0 aromatic carbocycles. The van der Waals surface area contributed by atoms with Crippen molar-refractivity contribution < 1.29 is 4.52 Å². The molecule has 1 saturated heterocycles. The highest BCUT2D eigenvalue weighted by Gasteiger charge is 2.24. The molecule has 6 heteroatoms. The predicted molar refractivity (Wildman–Crippen MR) is 103 cm³/mol. The van der Waals surface area contributed by atoms with Gasteiger partial charge in [-0.05, 0) is 64.3 Å². The molecular weight excluding hydrogens is 338 g/mol. The maximum atomic E-state index is 5.29. The lowest BCUT2D eigenvalue weighted by Gasteiger charge is -2.15. The first-order chi connectivity index (χ1) is 13.1. The normalized spacial score (nSPS) is 17.5. The van der Waals surface area contributed by atoms with Gasteiger partial charge in [-0.15, -0.1) is 0 Å². The van der Waals surface area contributed by atoms with E-state index in [9.17, 15) is 0 Å². The molecule has 0 amide bonds. The van der Waals surface area contributed by atoms with Gasteiger partial charge < -0.3 is 4.52 Å². The van der Waals surface area contributed by atoms with Crippen LogP contribution < -0.4 is 0 Å². The molecule has 0 saturated carbocycles. The van der Waals surface area contributed by atoms with Crippen LogP contribution in [-0.4, -0.2) is 38.1 Å². The van der Waals surface area contributed by atoms with Gasteiger partial charge in [0.05, 0.1) is 22.6 Å². The molecule has 4 heterocycles. The summed E-state index contributed by atoms with van der Waals surface area (Å²) in [5.41, 5.74) is 5.10. The van der Waals surface area contributed by atoms with Crippen molar-refractivity contribution >= 4 is 0 Å². The van der Waals surface area contributed by atoms with Gasteiger partial charge in [0.15, 0.2) is 0 Å². The summed E-state index contributed by atoms with van der Waals surface area (Å²) in [5.74, 6) is 2.29. The molecule has 0 aliphatic carbocycles. The molecule has 0 N–H and O–H groups in total. The Morgan fingerprint density at radius 3 is 2.78 bits per heavy atom. The Balaban J connectivity index is 1.41. The highest BCUT2D eigenvalue weighted by atomic mass is 16.5. The van der Waals surface area contributed by atoms with Crippen LogP contribution >= 0.6 is 0 Å². The first-order valence-electron chi connectivity index (χ1n) is 9.48. The smallest absolute Gasteiger partial charge is 0.143 e. The third kappa shape index (κ3) is 4.06. The number of hydrogen-bond donors (Lipinski definition) is 0. The summed E-state index contributed by atoms with van der Waals surface area (Å²) in [7, 11) is 0. The summed E-state index contributed by atoms with van der Waals surface area (Å²) in [6, 6.07) is 8.25. The van der Waals surface area contributed by atoms with E-state index in [-0.39, 0.29) is 0 Å². The minimum absolute atomic E-state index is 0.625. The molecule has 4 rings (SSSR count). The molecule has 27 heavy (non-hydrogen) atoms. The first-order valence-corrected chi connectivity index (χ1v) is 9.48. The molecule has 0 spiro atoms. The SMILES string of the molecule is Cc1nccc(CN2CCC(Cc3cccc(-c4c(C)noc4C)n3)C2)n1. The largest absolute Gasteiger partial charge is 0.361 e. The van der Waals surface area contributed by atoms with E-state index in [2.05, 4.69) is 32.2 Å². The summed E-state index contributed by atoms with van der Waals surface area (Å²) in [6.07, 6.45) is 4.03. The van der Waals surface area contributed by atoms with Gasteiger partial charge in [0.2, 0.25) is 0 Å². The van der Waals surface area contributed by atoms with E-state index in [4.69, 9.17) is 9.51 Å². The third-order valence-electron chi connectivity index (χ3n) is 5.18. The molecule has 1 aliphatic heterocycles. The minimum Gasteiger partial charge on any atom is -0.361 e. The highest BCUT2D eigenvalue weighted by Crippen LogP contribution is 2.27. The molecular formula is C21H25N5O.